The molecule has 0 aromatic heterocycles. The van der Waals surface area contributed by atoms with E-state index >= 15 is 0 Å². The van der Waals surface area contributed by atoms with Crippen LogP contribution in [0.1, 0.15) is 16.8 Å². The Bertz CT molecular complexity index is 646. The molecule has 1 amide bonds. The van der Waals surface area contributed by atoms with Crippen molar-refractivity contribution >= 4 is 38.7 Å². The van der Waals surface area contributed by atoms with E-state index in [1.807, 2.05) is 0 Å². The lowest BCUT2D eigenvalue weighted by molar-refractivity contribution is 0.100. The third-order valence-corrected chi connectivity index (χ3v) is 5.23. The Hall–Kier alpha value is -1.47. The van der Waals surface area contributed by atoms with Crippen molar-refractivity contribution in [3.8, 4) is 0 Å². The Morgan fingerprint density at radius 1 is 1.25 bits per heavy atom. The van der Waals surface area contributed by atoms with Gasteiger partial charge < -0.3 is 16.4 Å². The molecule has 1 heterocycles. The normalized spacial score (nSPS) is 18.6. The van der Waals surface area contributed by atoms with E-state index < -0.39 is 15.7 Å². The highest BCUT2D eigenvalue weighted by atomic mass is 35.5. The number of nitrogens with two attached hydrogens (primary N) is 2. The molecule has 0 bridgehead atoms. The van der Waals surface area contributed by atoms with E-state index in [2.05, 4.69) is 0 Å². The Morgan fingerprint density at radius 3 is 2.60 bits per heavy atom. The molecule has 0 unspecified atom stereocenters. The predicted molar refractivity (Wildman–Crippen MR) is 79.9 cm³/mol. The monoisotopic (exact) mass is 317 g/mol. The lowest BCUT2D eigenvalue weighted by Crippen LogP contribution is -2.29. The molecule has 0 aliphatic carbocycles. The van der Waals surface area contributed by atoms with Crippen LogP contribution in [0.5, 0.6) is 0 Å². The largest absolute Gasteiger partial charge is 0.399 e. The quantitative estimate of drug-likeness (QED) is 0.779. The first kappa shape index (κ1) is 14.9. The Labute approximate surface area is 122 Å². The zero-order chi connectivity index (χ0) is 14.9. The van der Waals surface area contributed by atoms with E-state index in [1.54, 1.807) is 4.90 Å². The molecule has 1 aliphatic rings. The van der Waals surface area contributed by atoms with Gasteiger partial charge in [0, 0.05) is 18.8 Å². The van der Waals surface area contributed by atoms with Gasteiger partial charge in [0.25, 0.3) is 5.91 Å². The smallest absolute Gasteiger partial charge is 0.250 e. The summed E-state index contributed by atoms with van der Waals surface area (Å²) < 4.78 is 23.3. The van der Waals surface area contributed by atoms with E-state index in [0.29, 0.717) is 29.4 Å². The number of sulfone groups is 1. The van der Waals surface area contributed by atoms with Crippen molar-refractivity contribution in [3.63, 3.8) is 0 Å². The molecule has 0 atom stereocenters. The molecule has 1 aliphatic heterocycles. The van der Waals surface area contributed by atoms with Crippen LogP contribution >= 0.6 is 11.6 Å². The summed E-state index contributed by atoms with van der Waals surface area (Å²) in [5.74, 6) is -0.463. The van der Waals surface area contributed by atoms with Gasteiger partial charge >= 0.3 is 0 Å². The molecule has 0 spiro atoms. The van der Waals surface area contributed by atoms with Gasteiger partial charge in [-0.3, -0.25) is 4.79 Å². The van der Waals surface area contributed by atoms with Crippen LogP contribution in [-0.2, 0) is 9.84 Å². The highest BCUT2D eigenvalue weighted by molar-refractivity contribution is 7.91. The molecule has 1 fully saturated rings. The number of hydrogen-bond donors (Lipinski definition) is 2. The van der Waals surface area contributed by atoms with Crippen molar-refractivity contribution in [3.05, 3.63) is 22.7 Å². The fraction of sp³-hybridized carbons (Fsp3) is 0.417. The molecule has 2 rings (SSSR count). The molecule has 1 aromatic rings. The maximum absolute atomic E-state index is 11.6. The minimum Gasteiger partial charge on any atom is -0.399 e. The predicted octanol–water partition coefficient (Wildman–Crippen LogP) is 0.646. The van der Waals surface area contributed by atoms with Crippen molar-refractivity contribution in [2.75, 3.05) is 35.2 Å². The van der Waals surface area contributed by atoms with Crippen molar-refractivity contribution in [1.82, 2.24) is 0 Å². The summed E-state index contributed by atoms with van der Waals surface area (Å²) in [5.41, 5.74) is 12.0. The summed E-state index contributed by atoms with van der Waals surface area (Å²) in [7, 11) is -3.04. The summed E-state index contributed by atoms with van der Waals surface area (Å²) in [6, 6.07) is 2.99. The van der Waals surface area contributed by atoms with Crippen molar-refractivity contribution in [2.24, 2.45) is 5.73 Å². The third-order valence-electron chi connectivity index (χ3n) is 3.22. The van der Waals surface area contributed by atoms with Crippen LogP contribution in [0.3, 0.4) is 0 Å². The highest BCUT2D eigenvalue weighted by Crippen LogP contribution is 2.33. The molecular weight excluding hydrogens is 302 g/mol. The maximum atomic E-state index is 11.6. The van der Waals surface area contributed by atoms with Crippen LogP contribution in [0.25, 0.3) is 0 Å². The molecule has 6 nitrogen and oxygen atoms in total. The molecule has 110 valence electrons. The summed E-state index contributed by atoms with van der Waals surface area (Å²) in [6.07, 6.45) is 0.487. The Morgan fingerprint density at radius 2 is 1.95 bits per heavy atom. The average Bonchev–Trinajstić information content (AvgIpc) is 2.49. The first-order chi connectivity index (χ1) is 9.30. The molecule has 4 N–H and O–H groups in total. The van der Waals surface area contributed by atoms with Crippen LogP contribution in [-0.4, -0.2) is 38.9 Å². The standard InChI is InChI=1S/C12H16ClN3O3S/c13-10-7-8(14)6-9(12(15)17)11(10)16-2-1-4-20(18,19)5-3-16/h6-7H,1-5,14H2,(H2,15,17). The number of carbonyl (C=O) groups excluding carboxylic acids is 1. The summed E-state index contributed by atoms with van der Waals surface area (Å²) in [6.45, 7) is 0.787. The first-order valence-corrected chi connectivity index (χ1v) is 8.34. The van der Waals surface area contributed by atoms with Gasteiger partial charge in [0.2, 0.25) is 0 Å². The van der Waals surface area contributed by atoms with Gasteiger partial charge in [0.05, 0.1) is 27.8 Å². The molecule has 8 heteroatoms. The molecule has 1 saturated heterocycles. The summed E-state index contributed by atoms with van der Waals surface area (Å²) in [4.78, 5) is 13.3. The van der Waals surface area contributed by atoms with Gasteiger partial charge in [0.1, 0.15) is 0 Å². The topological polar surface area (TPSA) is 106 Å². The van der Waals surface area contributed by atoms with Crippen LogP contribution in [0.2, 0.25) is 5.02 Å². The van der Waals surface area contributed by atoms with Crippen LogP contribution in [0.15, 0.2) is 12.1 Å². The fourth-order valence-electron chi connectivity index (χ4n) is 2.29. The number of amides is 1. The van der Waals surface area contributed by atoms with Gasteiger partial charge in [-0.1, -0.05) is 11.6 Å². The molecule has 0 radical (unpaired) electrons. The zero-order valence-electron chi connectivity index (χ0n) is 10.8. The number of anilines is 2. The SMILES string of the molecule is NC(=O)c1cc(N)cc(Cl)c1N1CCCS(=O)(=O)CC1. The number of benzene rings is 1. The fourth-order valence-corrected chi connectivity index (χ4v) is 3.91. The number of rotatable bonds is 2. The summed E-state index contributed by atoms with van der Waals surface area (Å²) in [5, 5.41) is 0.304. The molecular formula is C12H16ClN3O3S. The van der Waals surface area contributed by atoms with E-state index in [4.69, 9.17) is 23.1 Å². The number of primary amides is 1. The lowest BCUT2D eigenvalue weighted by Gasteiger charge is -2.25. The van der Waals surface area contributed by atoms with Crippen molar-refractivity contribution in [2.45, 2.75) is 6.42 Å². The molecule has 1 aromatic carbocycles. The van der Waals surface area contributed by atoms with Crippen molar-refractivity contribution in [1.29, 1.82) is 0 Å². The van der Waals surface area contributed by atoms with Gasteiger partial charge in [-0.25, -0.2) is 8.42 Å². The van der Waals surface area contributed by atoms with E-state index in [-0.39, 0.29) is 23.6 Å². The number of carbonyl (C=O) groups is 1. The molecule has 0 saturated carbocycles. The average molecular weight is 318 g/mol. The second kappa shape index (κ2) is 5.49. The first-order valence-electron chi connectivity index (χ1n) is 6.14. The van der Waals surface area contributed by atoms with Crippen LogP contribution in [0.4, 0.5) is 11.4 Å². The van der Waals surface area contributed by atoms with E-state index in [0.717, 1.165) is 0 Å². The lowest BCUT2D eigenvalue weighted by atomic mass is 10.1. The van der Waals surface area contributed by atoms with E-state index in [1.165, 1.54) is 12.1 Å². The van der Waals surface area contributed by atoms with Crippen molar-refractivity contribution < 1.29 is 13.2 Å². The number of nitrogens with zero attached hydrogens (tertiary/aromatic N) is 1. The molecule has 20 heavy (non-hydrogen) atoms. The minimum atomic E-state index is -3.04. The third kappa shape index (κ3) is 3.16. The minimum absolute atomic E-state index is 0.0336. The van der Waals surface area contributed by atoms with Crippen LogP contribution < -0.4 is 16.4 Å². The van der Waals surface area contributed by atoms with Crippen LogP contribution in [0, 0.1) is 0 Å². The Balaban J connectivity index is 2.44. The second-order valence-electron chi connectivity index (χ2n) is 4.76. The second-order valence-corrected chi connectivity index (χ2v) is 7.47. The van der Waals surface area contributed by atoms with Gasteiger partial charge in [-0.05, 0) is 18.6 Å². The maximum Gasteiger partial charge on any atom is 0.250 e. The van der Waals surface area contributed by atoms with Gasteiger partial charge in [0.15, 0.2) is 9.84 Å². The highest BCUT2D eigenvalue weighted by Gasteiger charge is 2.24. The van der Waals surface area contributed by atoms with Gasteiger partial charge in [-0.2, -0.15) is 0 Å². The zero-order valence-corrected chi connectivity index (χ0v) is 12.4. The van der Waals surface area contributed by atoms with E-state index in [9.17, 15) is 13.2 Å². The number of nitrogen functional groups attached to an aromatic ring is 1. The Kier molecular flexibility index (Phi) is 4.10. The number of hydrogen-bond acceptors (Lipinski definition) is 5. The summed E-state index contributed by atoms with van der Waals surface area (Å²) >= 11 is 6.16. The number of halogens is 1. The van der Waals surface area contributed by atoms with Gasteiger partial charge in [-0.15, -0.1) is 0 Å².